The van der Waals surface area contributed by atoms with Crippen LogP contribution in [0.5, 0.6) is 17.2 Å². The van der Waals surface area contributed by atoms with Crippen LogP contribution in [0.15, 0.2) is 42.5 Å². The van der Waals surface area contributed by atoms with Gasteiger partial charge in [-0.3, -0.25) is 4.79 Å². The number of nitrogens with one attached hydrogen (secondary N) is 1. The molecule has 0 radical (unpaired) electrons. The van der Waals surface area contributed by atoms with E-state index in [4.69, 9.17) is 18.9 Å². The van der Waals surface area contributed by atoms with Gasteiger partial charge in [-0.25, -0.2) is 0 Å². The van der Waals surface area contributed by atoms with Crippen LogP contribution in [0.2, 0.25) is 0 Å². The van der Waals surface area contributed by atoms with Gasteiger partial charge in [0.15, 0.2) is 11.5 Å². The van der Waals surface area contributed by atoms with Crippen LogP contribution in [-0.2, 0) is 11.3 Å². The van der Waals surface area contributed by atoms with E-state index in [-0.39, 0.29) is 5.91 Å². The average Bonchev–Trinajstić information content (AvgIpc) is 3.59. The van der Waals surface area contributed by atoms with Gasteiger partial charge in [-0.1, -0.05) is 30.3 Å². The minimum absolute atomic E-state index is 0.182. The first kappa shape index (κ1) is 21.0. The van der Waals surface area contributed by atoms with Crippen molar-refractivity contribution in [3.63, 3.8) is 0 Å². The van der Waals surface area contributed by atoms with Gasteiger partial charge in [0, 0.05) is 25.3 Å². The van der Waals surface area contributed by atoms with Gasteiger partial charge in [0.2, 0.25) is 5.75 Å². The van der Waals surface area contributed by atoms with Crippen LogP contribution in [-0.4, -0.2) is 39.9 Å². The molecule has 1 aliphatic rings. The molecule has 0 atom stereocenters. The number of carbonyl (C=O) groups excluding carboxylic acids is 1. The van der Waals surface area contributed by atoms with Crippen molar-refractivity contribution in [3.8, 4) is 17.2 Å². The normalized spacial score (nSPS) is 13.0. The second-order valence-corrected chi connectivity index (χ2v) is 7.11. The Hall–Kier alpha value is -2.73. The van der Waals surface area contributed by atoms with Gasteiger partial charge in [0.1, 0.15) is 6.61 Å². The molecule has 0 unspecified atom stereocenters. The van der Waals surface area contributed by atoms with Crippen LogP contribution in [0.3, 0.4) is 0 Å². The first-order valence-electron chi connectivity index (χ1n) is 10.00. The fourth-order valence-corrected chi connectivity index (χ4v) is 2.90. The summed E-state index contributed by atoms with van der Waals surface area (Å²) in [7, 11) is 3.09. The van der Waals surface area contributed by atoms with Crippen LogP contribution in [0, 0.1) is 5.92 Å². The lowest BCUT2D eigenvalue weighted by atomic mass is 10.1. The predicted molar refractivity (Wildman–Crippen MR) is 111 cm³/mol. The van der Waals surface area contributed by atoms with E-state index < -0.39 is 0 Å². The summed E-state index contributed by atoms with van der Waals surface area (Å²) in [6, 6.07) is 13.2. The zero-order valence-corrected chi connectivity index (χ0v) is 17.1. The van der Waals surface area contributed by atoms with E-state index in [1.165, 1.54) is 12.8 Å². The van der Waals surface area contributed by atoms with E-state index in [1.807, 2.05) is 30.3 Å². The maximum Gasteiger partial charge on any atom is 0.251 e. The van der Waals surface area contributed by atoms with Gasteiger partial charge < -0.3 is 24.3 Å². The van der Waals surface area contributed by atoms with Crippen molar-refractivity contribution in [2.45, 2.75) is 25.9 Å². The molecule has 1 saturated carbocycles. The van der Waals surface area contributed by atoms with Crippen LogP contribution in [0.25, 0.3) is 0 Å². The van der Waals surface area contributed by atoms with Crippen molar-refractivity contribution in [1.29, 1.82) is 0 Å². The van der Waals surface area contributed by atoms with Crippen molar-refractivity contribution < 1.29 is 23.7 Å². The van der Waals surface area contributed by atoms with Gasteiger partial charge in [-0.2, -0.15) is 0 Å². The van der Waals surface area contributed by atoms with Crippen molar-refractivity contribution in [2.75, 3.05) is 34.0 Å². The van der Waals surface area contributed by atoms with Crippen molar-refractivity contribution in [1.82, 2.24) is 5.32 Å². The molecule has 0 heterocycles. The highest BCUT2D eigenvalue weighted by molar-refractivity contribution is 5.95. The Morgan fingerprint density at radius 3 is 2.38 bits per heavy atom. The first-order valence-corrected chi connectivity index (χ1v) is 10.00. The molecule has 0 spiro atoms. The summed E-state index contributed by atoms with van der Waals surface area (Å²) in [4.78, 5) is 12.5. The van der Waals surface area contributed by atoms with E-state index in [0.717, 1.165) is 24.5 Å². The molecule has 6 nitrogen and oxygen atoms in total. The molecule has 6 heteroatoms. The number of methoxy groups -OCH3 is 2. The zero-order chi connectivity index (χ0) is 20.5. The lowest BCUT2D eigenvalue weighted by molar-refractivity contribution is 0.0936. The van der Waals surface area contributed by atoms with Gasteiger partial charge in [0.05, 0.1) is 14.2 Å². The molecule has 2 aromatic rings. The lowest BCUT2D eigenvalue weighted by Crippen LogP contribution is -2.25. The largest absolute Gasteiger partial charge is 0.493 e. The van der Waals surface area contributed by atoms with Gasteiger partial charge in [0.25, 0.3) is 5.91 Å². The fraction of sp³-hybridized carbons (Fsp3) is 0.435. The Balaban J connectivity index is 1.57. The summed E-state index contributed by atoms with van der Waals surface area (Å²) in [5, 5.41) is 2.91. The third-order valence-corrected chi connectivity index (χ3v) is 4.75. The Bertz CT molecular complexity index is 764. The van der Waals surface area contributed by atoms with Crippen molar-refractivity contribution >= 4 is 5.91 Å². The number of ether oxygens (including phenoxy) is 4. The molecule has 0 aromatic heterocycles. The van der Waals surface area contributed by atoms with Gasteiger partial charge >= 0.3 is 0 Å². The number of hydrogen-bond acceptors (Lipinski definition) is 5. The van der Waals surface area contributed by atoms with Crippen LogP contribution >= 0.6 is 0 Å². The highest BCUT2D eigenvalue weighted by Gasteiger charge is 2.21. The summed E-state index contributed by atoms with van der Waals surface area (Å²) in [5.74, 6) is 1.96. The second-order valence-electron chi connectivity index (χ2n) is 7.11. The van der Waals surface area contributed by atoms with E-state index in [0.29, 0.717) is 42.6 Å². The quantitative estimate of drug-likeness (QED) is 0.550. The Morgan fingerprint density at radius 1 is 1.07 bits per heavy atom. The molecule has 0 saturated heterocycles. The topological polar surface area (TPSA) is 66.0 Å². The highest BCUT2D eigenvalue weighted by atomic mass is 16.5. The summed E-state index contributed by atoms with van der Waals surface area (Å²) >= 11 is 0. The maximum atomic E-state index is 12.5. The van der Waals surface area contributed by atoms with E-state index in [9.17, 15) is 4.79 Å². The second kappa shape index (κ2) is 10.7. The third kappa shape index (κ3) is 6.39. The van der Waals surface area contributed by atoms with Crippen LogP contribution in [0.1, 0.15) is 35.2 Å². The van der Waals surface area contributed by atoms with Crippen molar-refractivity contribution in [3.05, 3.63) is 53.6 Å². The standard InChI is InChI=1S/C23H29NO5/c1-26-20-13-19(23(25)24-11-6-12-28-15-18-9-10-18)14-21(27-2)22(20)29-16-17-7-4-3-5-8-17/h3-5,7-8,13-14,18H,6,9-12,15-16H2,1-2H3,(H,24,25). The maximum absolute atomic E-state index is 12.5. The first-order chi connectivity index (χ1) is 14.2. The number of rotatable bonds is 12. The van der Waals surface area contributed by atoms with E-state index in [2.05, 4.69) is 5.32 Å². The van der Waals surface area contributed by atoms with Gasteiger partial charge in [-0.15, -0.1) is 0 Å². The molecule has 1 aliphatic carbocycles. The summed E-state index contributed by atoms with van der Waals surface area (Å²) in [6.07, 6.45) is 3.35. The fourth-order valence-electron chi connectivity index (χ4n) is 2.90. The third-order valence-electron chi connectivity index (χ3n) is 4.75. The van der Waals surface area contributed by atoms with E-state index in [1.54, 1.807) is 26.4 Å². The van der Waals surface area contributed by atoms with Gasteiger partial charge in [-0.05, 0) is 42.9 Å². The molecule has 3 rings (SSSR count). The number of benzene rings is 2. The molecule has 0 aliphatic heterocycles. The summed E-state index contributed by atoms with van der Waals surface area (Å²) in [6.45, 7) is 2.43. The SMILES string of the molecule is COc1cc(C(=O)NCCCOCC2CC2)cc(OC)c1OCc1ccccc1. The lowest BCUT2D eigenvalue weighted by Gasteiger charge is -2.16. The molecule has 1 N–H and O–H groups in total. The highest BCUT2D eigenvalue weighted by Crippen LogP contribution is 2.39. The molecular weight excluding hydrogens is 370 g/mol. The van der Waals surface area contributed by atoms with E-state index >= 15 is 0 Å². The molecule has 29 heavy (non-hydrogen) atoms. The molecule has 156 valence electrons. The Labute approximate surface area is 172 Å². The Morgan fingerprint density at radius 2 is 1.76 bits per heavy atom. The monoisotopic (exact) mass is 399 g/mol. The summed E-state index contributed by atoms with van der Waals surface area (Å²) < 4.78 is 22.4. The predicted octanol–water partition coefficient (Wildman–Crippen LogP) is 3.83. The van der Waals surface area contributed by atoms with Crippen LogP contribution < -0.4 is 19.5 Å². The van der Waals surface area contributed by atoms with Crippen molar-refractivity contribution in [2.24, 2.45) is 5.92 Å². The average molecular weight is 399 g/mol. The molecule has 2 aromatic carbocycles. The smallest absolute Gasteiger partial charge is 0.251 e. The summed E-state index contributed by atoms with van der Waals surface area (Å²) in [5.41, 5.74) is 1.49. The Kier molecular flexibility index (Phi) is 7.76. The molecule has 0 bridgehead atoms. The molecule has 1 fully saturated rings. The zero-order valence-electron chi connectivity index (χ0n) is 17.1. The molecule has 1 amide bonds. The number of carbonyl (C=O) groups is 1. The number of amides is 1. The molecular formula is C23H29NO5. The minimum atomic E-state index is -0.182. The minimum Gasteiger partial charge on any atom is -0.493 e. The number of hydrogen-bond donors (Lipinski definition) is 1. The van der Waals surface area contributed by atoms with Crippen LogP contribution in [0.4, 0.5) is 0 Å².